The number of rotatable bonds is 13. The summed E-state index contributed by atoms with van der Waals surface area (Å²) in [5.74, 6) is 6.08. The van der Waals surface area contributed by atoms with E-state index in [-0.39, 0.29) is 19.8 Å². The summed E-state index contributed by atoms with van der Waals surface area (Å²) in [4.78, 5) is 16.0. The highest BCUT2D eigenvalue weighted by molar-refractivity contribution is 7.48. The molecular formula is C31H36NO5P. The Hall–Kier alpha value is -3.20. The molecule has 0 aliphatic heterocycles. The van der Waals surface area contributed by atoms with Crippen LogP contribution in [0.15, 0.2) is 84.9 Å². The van der Waals surface area contributed by atoms with Crippen LogP contribution in [0.2, 0.25) is 0 Å². The summed E-state index contributed by atoms with van der Waals surface area (Å²) in [6.07, 6.45) is 1.62. The Labute approximate surface area is 226 Å². The second-order valence-corrected chi connectivity index (χ2v) is 10.1. The van der Waals surface area contributed by atoms with E-state index in [1.54, 1.807) is 43.0 Å². The SMILES string of the molecule is CCCCC#Cc1ccccc1N(Cc1ccccc1)C(=O)C(OP(=O)(OCC)OCC)c1ccccc1. The third-order valence-electron chi connectivity index (χ3n) is 5.66. The minimum Gasteiger partial charge on any atom is -0.304 e. The van der Waals surface area contributed by atoms with E-state index in [0.29, 0.717) is 11.3 Å². The van der Waals surface area contributed by atoms with Gasteiger partial charge in [-0.3, -0.25) is 18.4 Å². The molecular weight excluding hydrogens is 497 g/mol. The van der Waals surface area contributed by atoms with Gasteiger partial charge in [0.25, 0.3) is 5.91 Å². The van der Waals surface area contributed by atoms with Crippen molar-refractivity contribution in [3.05, 3.63) is 102 Å². The fraction of sp³-hybridized carbons (Fsp3) is 0.323. The number of benzene rings is 3. The summed E-state index contributed by atoms with van der Waals surface area (Å²) in [5, 5.41) is 0. The predicted molar refractivity (Wildman–Crippen MR) is 152 cm³/mol. The number of unbranched alkanes of at least 4 members (excludes halogenated alkanes) is 2. The summed E-state index contributed by atoms with van der Waals surface area (Å²) in [6, 6.07) is 26.3. The summed E-state index contributed by atoms with van der Waals surface area (Å²) >= 11 is 0. The van der Waals surface area contributed by atoms with E-state index in [4.69, 9.17) is 13.6 Å². The molecule has 0 aliphatic rings. The number of nitrogens with zero attached hydrogens (tertiary/aromatic N) is 1. The minimum absolute atomic E-state index is 0.108. The Morgan fingerprint density at radius 3 is 2.11 bits per heavy atom. The lowest BCUT2D eigenvalue weighted by molar-refractivity contribution is -0.127. The Balaban J connectivity index is 2.10. The van der Waals surface area contributed by atoms with E-state index in [1.165, 1.54) is 0 Å². The van der Waals surface area contributed by atoms with Gasteiger partial charge >= 0.3 is 7.82 Å². The zero-order valence-electron chi connectivity index (χ0n) is 22.3. The number of para-hydroxylation sites is 1. The molecule has 0 aromatic heterocycles. The number of phosphoric acid groups is 1. The van der Waals surface area contributed by atoms with Gasteiger partial charge in [-0.25, -0.2) is 4.57 Å². The van der Waals surface area contributed by atoms with Gasteiger partial charge in [-0.15, -0.1) is 0 Å². The molecule has 6 nitrogen and oxygen atoms in total. The molecule has 0 fully saturated rings. The van der Waals surface area contributed by atoms with E-state index in [1.807, 2.05) is 60.7 Å². The monoisotopic (exact) mass is 533 g/mol. The zero-order chi connectivity index (χ0) is 27.2. The molecule has 0 spiro atoms. The van der Waals surface area contributed by atoms with Gasteiger partial charge in [0.2, 0.25) is 0 Å². The third-order valence-corrected chi connectivity index (χ3v) is 7.28. The van der Waals surface area contributed by atoms with Crippen LogP contribution in [0.1, 0.15) is 62.8 Å². The second kappa shape index (κ2) is 15.3. The number of hydrogen-bond acceptors (Lipinski definition) is 5. The van der Waals surface area contributed by atoms with E-state index in [0.717, 1.165) is 30.4 Å². The minimum atomic E-state index is -4.02. The van der Waals surface area contributed by atoms with Crippen molar-refractivity contribution in [2.75, 3.05) is 18.1 Å². The van der Waals surface area contributed by atoms with Gasteiger partial charge in [-0.05, 0) is 43.5 Å². The standard InChI is InChI=1S/C31H36NO5P/c1-4-7-8-13-20-27-21-16-17-24-29(27)32(25-26-18-11-9-12-19-26)31(33)30(28-22-14-10-15-23-28)37-38(34,35-5-2)36-6-3/h9-12,14-19,21-24,30H,4-8,25H2,1-3H3. The van der Waals surface area contributed by atoms with E-state index in [9.17, 15) is 9.36 Å². The fourth-order valence-corrected chi connectivity index (χ4v) is 5.15. The molecule has 3 rings (SSSR count). The van der Waals surface area contributed by atoms with E-state index >= 15 is 0 Å². The molecule has 7 heteroatoms. The lowest BCUT2D eigenvalue weighted by Crippen LogP contribution is -2.36. The largest absolute Gasteiger partial charge is 0.475 e. The Morgan fingerprint density at radius 1 is 0.868 bits per heavy atom. The number of carbonyl (C=O) groups is 1. The molecule has 38 heavy (non-hydrogen) atoms. The first kappa shape index (κ1) is 29.4. The van der Waals surface area contributed by atoms with Crippen LogP contribution in [-0.2, 0) is 29.5 Å². The van der Waals surface area contributed by atoms with Gasteiger partial charge in [0.15, 0.2) is 6.10 Å². The van der Waals surface area contributed by atoms with Crippen LogP contribution in [0.3, 0.4) is 0 Å². The first-order valence-electron chi connectivity index (χ1n) is 13.1. The van der Waals surface area contributed by atoms with Crippen LogP contribution >= 0.6 is 7.82 Å². The molecule has 0 N–H and O–H groups in total. The lowest BCUT2D eigenvalue weighted by Gasteiger charge is -2.30. The molecule has 0 aliphatic carbocycles. The van der Waals surface area contributed by atoms with Gasteiger partial charge < -0.3 is 4.90 Å². The maximum atomic E-state index is 14.4. The van der Waals surface area contributed by atoms with Gasteiger partial charge in [0.05, 0.1) is 25.4 Å². The van der Waals surface area contributed by atoms with Gasteiger partial charge in [-0.1, -0.05) is 98.0 Å². The number of phosphoric ester groups is 1. The van der Waals surface area contributed by atoms with Crippen molar-refractivity contribution in [3.63, 3.8) is 0 Å². The predicted octanol–water partition coefficient (Wildman–Crippen LogP) is 7.70. The van der Waals surface area contributed by atoms with Crippen molar-refractivity contribution in [2.24, 2.45) is 0 Å². The average Bonchev–Trinajstić information content (AvgIpc) is 2.94. The zero-order valence-corrected chi connectivity index (χ0v) is 23.2. The summed E-state index contributed by atoms with van der Waals surface area (Å²) < 4.78 is 30.2. The highest BCUT2D eigenvalue weighted by Gasteiger charge is 2.37. The molecule has 3 aromatic rings. The maximum Gasteiger partial charge on any atom is 0.475 e. The molecule has 0 radical (unpaired) electrons. The Morgan fingerprint density at radius 2 is 1.47 bits per heavy atom. The van der Waals surface area contributed by atoms with Crippen molar-refractivity contribution < 1.29 is 22.9 Å². The van der Waals surface area contributed by atoms with Crippen LogP contribution in [0.5, 0.6) is 0 Å². The van der Waals surface area contributed by atoms with Crippen LogP contribution in [0.25, 0.3) is 0 Å². The van der Waals surface area contributed by atoms with Crippen molar-refractivity contribution in [3.8, 4) is 11.8 Å². The highest BCUT2D eigenvalue weighted by Crippen LogP contribution is 2.53. The number of anilines is 1. The van der Waals surface area contributed by atoms with Crippen LogP contribution in [0, 0.1) is 11.8 Å². The van der Waals surface area contributed by atoms with Crippen LogP contribution in [0.4, 0.5) is 5.69 Å². The number of amides is 1. The lowest BCUT2D eigenvalue weighted by atomic mass is 10.1. The molecule has 3 aromatic carbocycles. The van der Waals surface area contributed by atoms with Gasteiger partial charge in [0.1, 0.15) is 0 Å². The smallest absolute Gasteiger partial charge is 0.304 e. The molecule has 1 amide bonds. The Kier molecular flexibility index (Phi) is 11.8. The first-order valence-corrected chi connectivity index (χ1v) is 14.5. The summed E-state index contributed by atoms with van der Waals surface area (Å²) in [5.41, 5.74) is 2.86. The number of hydrogen-bond donors (Lipinski definition) is 0. The van der Waals surface area contributed by atoms with Crippen molar-refractivity contribution in [1.29, 1.82) is 0 Å². The topological polar surface area (TPSA) is 65.1 Å². The van der Waals surface area contributed by atoms with Gasteiger partial charge in [-0.2, -0.15) is 0 Å². The fourth-order valence-electron chi connectivity index (χ4n) is 3.85. The average molecular weight is 534 g/mol. The van der Waals surface area contributed by atoms with Crippen LogP contribution < -0.4 is 4.90 Å². The summed E-state index contributed by atoms with van der Waals surface area (Å²) in [6.45, 7) is 6.01. The molecule has 0 heterocycles. The first-order chi connectivity index (χ1) is 18.5. The summed E-state index contributed by atoms with van der Waals surface area (Å²) in [7, 11) is -4.02. The number of carbonyl (C=O) groups excluding carboxylic acids is 1. The molecule has 0 saturated carbocycles. The van der Waals surface area contributed by atoms with Gasteiger partial charge in [0, 0.05) is 12.0 Å². The third kappa shape index (κ3) is 8.41. The quantitative estimate of drug-likeness (QED) is 0.128. The Bertz CT molecular complexity index is 1240. The molecule has 1 atom stereocenters. The van der Waals surface area contributed by atoms with Crippen molar-refractivity contribution in [1.82, 2.24) is 0 Å². The molecule has 200 valence electrons. The molecule has 1 unspecified atom stereocenters. The van der Waals surface area contributed by atoms with E-state index < -0.39 is 19.8 Å². The molecule has 0 bridgehead atoms. The molecule has 0 saturated heterocycles. The van der Waals surface area contributed by atoms with E-state index in [2.05, 4.69) is 18.8 Å². The normalized spacial score (nSPS) is 11.9. The van der Waals surface area contributed by atoms with Crippen molar-refractivity contribution >= 4 is 19.4 Å². The van der Waals surface area contributed by atoms with Crippen molar-refractivity contribution in [2.45, 2.75) is 52.7 Å². The van der Waals surface area contributed by atoms with Crippen LogP contribution in [-0.4, -0.2) is 19.1 Å². The second-order valence-electron chi connectivity index (χ2n) is 8.51. The maximum absolute atomic E-state index is 14.4. The highest BCUT2D eigenvalue weighted by atomic mass is 31.2.